The Morgan fingerprint density at radius 3 is 1.88 bits per heavy atom. The van der Waals surface area contributed by atoms with Crippen molar-refractivity contribution in [1.29, 1.82) is 0 Å². The van der Waals surface area contributed by atoms with Crippen LogP contribution in [0.1, 0.15) is 101 Å². The molecule has 3 nitrogen and oxygen atoms in total. The van der Waals surface area contributed by atoms with Crippen molar-refractivity contribution in [2.24, 2.45) is 11.8 Å². The van der Waals surface area contributed by atoms with Crippen LogP contribution in [0.2, 0.25) is 0 Å². The number of benzene rings is 1. The van der Waals surface area contributed by atoms with Gasteiger partial charge in [0.15, 0.2) is 17.9 Å². The van der Waals surface area contributed by atoms with Gasteiger partial charge in [-0.15, -0.1) is 0 Å². The fourth-order valence-electron chi connectivity index (χ4n) is 5.92. The molecular formula is C27H40F2O3. The minimum Gasteiger partial charge on any atom is -0.378 e. The Labute approximate surface area is 192 Å². The van der Waals surface area contributed by atoms with E-state index in [1.807, 2.05) is 12.1 Å². The van der Waals surface area contributed by atoms with Crippen molar-refractivity contribution in [3.63, 3.8) is 0 Å². The molecule has 0 amide bonds. The first-order chi connectivity index (χ1) is 15.6. The topological polar surface area (TPSA) is 27.7 Å². The molecule has 1 aliphatic carbocycles. The highest BCUT2D eigenvalue weighted by Crippen LogP contribution is 2.41. The third-order valence-electron chi connectivity index (χ3n) is 7.85. The molecule has 5 heteroatoms. The van der Waals surface area contributed by atoms with Crippen molar-refractivity contribution < 1.29 is 23.0 Å². The highest BCUT2D eigenvalue weighted by Gasteiger charge is 2.34. The monoisotopic (exact) mass is 450 g/mol. The molecule has 180 valence electrons. The molecule has 0 spiro atoms. The van der Waals surface area contributed by atoms with Crippen LogP contribution < -0.4 is 0 Å². The normalized spacial score (nSPS) is 33.9. The second-order valence-electron chi connectivity index (χ2n) is 10.2. The first-order valence-corrected chi connectivity index (χ1v) is 12.9. The average Bonchev–Trinajstić information content (AvgIpc) is 2.83. The molecule has 0 aromatic heterocycles. The predicted octanol–water partition coefficient (Wildman–Crippen LogP) is 7.09. The maximum atomic E-state index is 15.1. The smallest absolute Gasteiger partial charge is 0.162 e. The molecule has 3 fully saturated rings. The van der Waals surface area contributed by atoms with Crippen LogP contribution in [0.3, 0.4) is 0 Å². The van der Waals surface area contributed by atoms with Crippen molar-refractivity contribution in [3.05, 3.63) is 34.9 Å². The number of ether oxygens (including phenoxy) is 3. The lowest BCUT2D eigenvalue weighted by molar-refractivity contribution is -0.229. The summed E-state index contributed by atoms with van der Waals surface area (Å²) in [5.41, 5.74) is 1.03. The lowest BCUT2D eigenvalue weighted by Gasteiger charge is -2.38. The van der Waals surface area contributed by atoms with E-state index < -0.39 is 11.6 Å². The van der Waals surface area contributed by atoms with Crippen LogP contribution in [0, 0.1) is 23.5 Å². The van der Waals surface area contributed by atoms with Crippen molar-refractivity contribution in [3.8, 4) is 0 Å². The molecule has 2 aliphatic heterocycles. The van der Waals surface area contributed by atoms with E-state index in [1.165, 1.54) is 0 Å². The summed E-state index contributed by atoms with van der Waals surface area (Å²) in [5, 5.41) is 0. The second-order valence-corrected chi connectivity index (χ2v) is 10.2. The van der Waals surface area contributed by atoms with E-state index in [0.29, 0.717) is 29.6 Å². The van der Waals surface area contributed by atoms with Crippen LogP contribution in [0.4, 0.5) is 8.78 Å². The van der Waals surface area contributed by atoms with E-state index in [2.05, 4.69) is 13.8 Å². The van der Waals surface area contributed by atoms with Gasteiger partial charge in [-0.25, -0.2) is 8.78 Å². The van der Waals surface area contributed by atoms with Gasteiger partial charge >= 0.3 is 0 Å². The van der Waals surface area contributed by atoms with E-state index in [4.69, 9.17) is 14.2 Å². The summed E-state index contributed by atoms with van der Waals surface area (Å²) in [5.74, 6) is -0.406. The highest BCUT2D eigenvalue weighted by molar-refractivity contribution is 5.32. The minimum absolute atomic E-state index is 0.0421. The van der Waals surface area contributed by atoms with E-state index in [9.17, 15) is 0 Å². The quantitative estimate of drug-likeness (QED) is 0.444. The van der Waals surface area contributed by atoms with E-state index in [-0.39, 0.29) is 24.2 Å². The molecule has 2 heterocycles. The predicted molar refractivity (Wildman–Crippen MR) is 122 cm³/mol. The van der Waals surface area contributed by atoms with Crippen LogP contribution in [0.5, 0.6) is 0 Å². The molecule has 2 unspecified atom stereocenters. The van der Waals surface area contributed by atoms with Crippen molar-refractivity contribution >= 4 is 0 Å². The molecular weight excluding hydrogens is 410 g/mol. The van der Waals surface area contributed by atoms with Gasteiger partial charge in [0.1, 0.15) is 0 Å². The van der Waals surface area contributed by atoms with Crippen LogP contribution in [0.25, 0.3) is 0 Å². The summed E-state index contributed by atoms with van der Waals surface area (Å²) in [6.07, 6.45) is 9.95. The standard InChI is InChI=1S/C27H40F2O3/c1-3-5-18-15-31-27(32-16-18)20-9-7-19(8-10-20)23-13-14-24(26(29)25(23)28)21-11-12-22(6-4-2)30-17-21/h13-14,18-22,27H,3-12,15-17H2,1-2H3. The highest BCUT2D eigenvalue weighted by atomic mass is 19.2. The Kier molecular flexibility index (Phi) is 8.58. The molecule has 3 aliphatic rings. The molecule has 1 aromatic carbocycles. The van der Waals surface area contributed by atoms with Gasteiger partial charge in [0.2, 0.25) is 0 Å². The maximum Gasteiger partial charge on any atom is 0.162 e. The fourth-order valence-corrected chi connectivity index (χ4v) is 5.92. The number of rotatable bonds is 7. The Hall–Kier alpha value is -1.04. The average molecular weight is 451 g/mol. The van der Waals surface area contributed by atoms with Gasteiger partial charge in [0.25, 0.3) is 0 Å². The molecule has 0 N–H and O–H groups in total. The Bertz CT molecular complexity index is 716. The summed E-state index contributed by atoms with van der Waals surface area (Å²) in [7, 11) is 0. The van der Waals surface area contributed by atoms with Crippen LogP contribution in [0.15, 0.2) is 12.1 Å². The van der Waals surface area contributed by atoms with Crippen LogP contribution in [-0.2, 0) is 14.2 Å². The van der Waals surface area contributed by atoms with Gasteiger partial charge in [-0.1, -0.05) is 38.8 Å². The fraction of sp³-hybridized carbons (Fsp3) is 0.778. The zero-order valence-corrected chi connectivity index (χ0v) is 19.8. The molecule has 1 saturated carbocycles. The van der Waals surface area contributed by atoms with E-state index in [1.54, 1.807) is 0 Å². The number of hydrogen-bond acceptors (Lipinski definition) is 3. The lowest BCUT2D eigenvalue weighted by atomic mass is 9.77. The summed E-state index contributed by atoms with van der Waals surface area (Å²) in [6, 6.07) is 3.65. The van der Waals surface area contributed by atoms with Gasteiger partial charge in [-0.3, -0.25) is 0 Å². The lowest BCUT2D eigenvalue weighted by Crippen LogP contribution is -2.38. The number of hydrogen-bond donors (Lipinski definition) is 0. The van der Waals surface area contributed by atoms with Crippen LogP contribution in [-0.4, -0.2) is 32.2 Å². The molecule has 32 heavy (non-hydrogen) atoms. The van der Waals surface area contributed by atoms with Gasteiger partial charge < -0.3 is 14.2 Å². The van der Waals surface area contributed by atoms with Gasteiger partial charge in [0, 0.05) is 17.8 Å². The van der Waals surface area contributed by atoms with Crippen LogP contribution >= 0.6 is 0 Å². The molecule has 0 radical (unpaired) electrons. The summed E-state index contributed by atoms with van der Waals surface area (Å²) in [4.78, 5) is 0. The van der Waals surface area contributed by atoms with Gasteiger partial charge in [-0.05, 0) is 68.4 Å². The van der Waals surface area contributed by atoms with Crippen molar-refractivity contribution in [2.45, 2.75) is 102 Å². The van der Waals surface area contributed by atoms with Crippen molar-refractivity contribution in [1.82, 2.24) is 0 Å². The third-order valence-corrected chi connectivity index (χ3v) is 7.85. The van der Waals surface area contributed by atoms with Gasteiger partial charge in [-0.2, -0.15) is 0 Å². The summed E-state index contributed by atoms with van der Waals surface area (Å²) >= 11 is 0. The first-order valence-electron chi connectivity index (χ1n) is 12.9. The van der Waals surface area contributed by atoms with Gasteiger partial charge in [0.05, 0.1) is 25.9 Å². The minimum atomic E-state index is -0.659. The molecule has 1 aromatic rings. The first kappa shape index (κ1) is 24.1. The Balaban J connectivity index is 1.32. The van der Waals surface area contributed by atoms with E-state index in [0.717, 1.165) is 77.4 Å². The van der Waals surface area contributed by atoms with Crippen molar-refractivity contribution in [2.75, 3.05) is 19.8 Å². The maximum absolute atomic E-state index is 15.1. The van der Waals surface area contributed by atoms with E-state index >= 15 is 8.78 Å². The molecule has 0 bridgehead atoms. The molecule has 4 rings (SSSR count). The zero-order chi connectivity index (χ0) is 22.5. The third kappa shape index (κ3) is 5.53. The Morgan fingerprint density at radius 2 is 1.31 bits per heavy atom. The largest absolute Gasteiger partial charge is 0.378 e. The zero-order valence-electron chi connectivity index (χ0n) is 19.8. The summed E-state index contributed by atoms with van der Waals surface area (Å²) in [6.45, 7) is 6.39. The number of halogens is 2. The second kappa shape index (κ2) is 11.4. The Morgan fingerprint density at radius 1 is 0.719 bits per heavy atom. The molecule has 2 atom stereocenters. The summed E-state index contributed by atoms with van der Waals surface area (Å²) < 4.78 is 48.1. The molecule has 2 saturated heterocycles. The SMILES string of the molecule is CCCC1COC(C2CCC(c3ccc(C4CCC(CCC)OC4)c(F)c3F)CC2)OC1.